The standard InChI is InChI=1S/C38H52N8O6/c1-4-28-36(50)44-30(14-15-33(39)47)37(51)46-32(20-25-21-41-29-13-9-8-12-27(25)29)38(52)45-31(19-24-10-6-5-7-11-24)35(49)40-17-16-34(48)43-26(22-42-28)18-23(2)3/h5-13,21,23,26,28,30-32,41-42H,4,14-20,22H2,1-3H3,(H2,39,47)(H,40,49)(H,43,48)(H,44,50)(H,45,52)(H,46,51)/t26?,28?,30?,31-,32-/m0/s1. The highest BCUT2D eigenvalue weighted by Crippen LogP contribution is 2.20. The summed E-state index contributed by atoms with van der Waals surface area (Å²) in [6, 6.07) is 12.2. The lowest BCUT2D eigenvalue weighted by Gasteiger charge is -2.27. The number of carbonyl (C=O) groups excluding carboxylic acids is 6. The van der Waals surface area contributed by atoms with Crippen molar-refractivity contribution in [2.24, 2.45) is 11.7 Å². The van der Waals surface area contributed by atoms with Gasteiger partial charge in [-0.2, -0.15) is 0 Å². The molecule has 3 aromatic rings. The maximum Gasteiger partial charge on any atom is 0.243 e. The first-order valence-electron chi connectivity index (χ1n) is 18.0. The summed E-state index contributed by atoms with van der Waals surface area (Å²) in [5, 5.41) is 18.3. The first-order chi connectivity index (χ1) is 24.9. The van der Waals surface area contributed by atoms with Crippen molar-refractivity contribution in [3.05, 3.63) is 71.9 Å². The minimum atomic E-state index is -1.20. The lowest BCUT2D eigenvalue weighted by molar-refractivity contribution is -0.134. The number of rotatable bonds is 10. The zero-order valence-corrected chi connectivity index (χ0v) is 30.1. The van der Waals surface area contributed by atoms with Gasteiger partial charge in [0.1, 0.15) is 18.1 Å². The van der Waals surface area contributed by atoms with Gasteiger partial charge in [-0.05, 0) is 42.4 Å². The Balaban J connectivity index is 1.70. The van der Waals surface area contributed by atoms with Crippen LogP contribution in [0.15, 0.2) is 60.8 Å². The van der Waals surface area contributed by atoms with Gasteiger partial charge in [0.2, 0.25) is 35.4 Å². The van der Waals surface area contributed by atoms with Crippen LogP contribution in [0.3, 0.4) is 0 Å². The number of primary amides is 1. The Hall–Kier alpha value is -5.24. The molecule has 0 aliphatic carbocycles. The monoisotopic (exact) mass is 716 g/mol. The maximum atomic E-state index is 14.2. The highest BCUT2D eigenvalue weighted by atomic mass is 16.2. The predicted molar refractivity (Wildman–Crippen MR) is 197 cm³/mol. The molecule has 3 unspecified atom stereocenters. The van der Waals surface area contributed by atoms with E-state index in [4.69, 9.17) is 5.73 Å². The topological polar surface area (TPSA) is 216 Å². The van der Waals surface area contributed by atoms with E-state index in [1.807, 2.05) is 75.4 Å². The molecule has 1 aromatic heterocycles. The molecule has 0 saturated carbocycles. The molecule has 1 aliphatic rings. The molecule has 1 fully saturated rings. The lowest BCUT2D eigenvalue weighted by Crippen LogP contribution is -2.59. The molecule has 2 heterocycles. The Kier molecular flexibility index (Phi) is 14.7. The van der Waals surface area contributed by atoms with E-state index in [1.54, 1.807) is 6.20 Å². The van der Waals surface area contributed by atoms with Crippen LogP contribution in [0, 0.1) is 5.92 Å². The number of H-pyrrole nitrogens is 1. The number of hydrogen-bond acceptors (Lipinski definition) is 7. The number of amides is 6. The van der Waals surface area contributed by atoms with Crippen LogP contribution in [0.5, 0.6) is 0 Å². The van der Waals surface area contributed by atoms with Crippen molar-refractivity contribution in [2.45, 2.75) is 95.9 Å². The molecule has 6 amide bonds. The Bertz CT molecular complexity index is 1690. The van der Waals surface area contributed by atoms with E-state index in [0.29, 0.717) is 12.8 Å². The number of nitrogens with one attached hydrogen (secondary N) is 7. The summed E-state index contributed by atoms with van der Waals surface area (Å²) in [5.74, 6) is -2.97. The third-order valence-electron chi connectivity index (χ3n) is 9.07. The minimum Gasteiger partial charge on any atom is -0.370 e. The highest BCUT2D eigenvalue weighted by molar-refractivity contribution is 5.96. The molecule has 9 N–H and O–H groups in total. The van der Waals surface area contributed by atoms with Crippen molar-refractivity contribution in [3.8, 4) is 0 Å². The summed E-state index contributed by atoms with van der Waals surface area (Å²) in [6.45, 7) is 6.19. The van der Waals surface area contributed by atoms with E-state index in [1.165, 1.54) is 0 Å². The molecular weight excluding hydrogens is 664 g/mol. The van der Waals surface area contributed by atoms with Gasteiger partial charge < -0.3 is 42.6 Å². The van der Waals surface area contributed by atoms with E-state index >= 15 is 0 Å². The van der Waals surface area contributed by atoms with Crippen molar-refractivity contribution >= 4 is 46.3 Å². The number of carbonyl (C=O) groups is 6. The molecule has 52 heavy (non-hydrogen) atoms. The summed E-state index contributed by atoms with van der Waals surface area (Å²) in [5.41, 5.74) is 7.81. The SMILES string of the molecule is CCC1NCC(CC(C)C)NC(=O)CCNC(=O)[C@H](Cc2ccccc2)NC(=O)[C@H](Cc2c[nH]c3ccccc23)NC(=O)C(CCC(N)=O)NC1=O. The second-order valence-electron chi connectivity index (χ2n) is 13.7. The number of nitrogens with two attached hydrogens (primary N) is 1. The number of fused-ring (bicyclic) bond motifs is 1. The average Bonchev–Trinajstić information content (AvgIpc) is 3.51. The minimum absolute atomic E-state index is 0.00478. The third kappa shape index (κ3) is 11.9. The molecule has 280 valence electrons. The van der Waals surface area contributed by atoms with Gasteiger partial charge in [0, 0.05) is 61.9 Å². The molecule has 5 atom stereocenters. The van der Waals surface area contributed by atoms with Crippen LogP contribution in [-0.4, -0.2) is 83.7 Å². The van der Waals surface area contributed by atoms with Crippen LogP contribution in [0.25, 0.3) is 10.9 Å². The molecule has 1 aliphatic heterocycles. The number of aromatic nitrogens is 1. The zero-order chi connectivity index (χ0) is 37.6. The van der Waals surface area contributed by atoms with Crippen molar-refractivity contribution in [3.63, 3.8) is 0 Å². The smallest absolute Gasteiger partial charge is 0.243 e. The zero-order valence-electron chi connectivity index (χ0n) is 30.1. The van der Waals surface area contributed by atoms with Gasteiger partial charge in [0.15, 0.2) is 0 Å². The second kappa shape index (κ2) is 19.4. The van der Waals surface area contributed by atoms with Gasteiger partial charge >= 0.3 is 0 Å². The van der Waals surface area contributed by atoms with Crippen LogP contribution in [0.1, 0.15) is 64.0 Å². The summed E-state index contributed by atoms with van der Waals surface area (Å²) in [7, 11) is 0. The fourth-order valence-corrected chi connectivity index (χ4v) is 6.35. The van der Waals surface area contributed by atoms with Crippen LogP contribution in [0.2, 0.25) is 0 Å². The van der Waals surface area contributed by atoms with Gasteiger partial charge in [-0.15, -0.1) is 0 Å². The molecule has 4 rings (SSSR count). The van der Waals surface area contributed by atoms with E-state index < -0.39 is 53.7 Å². The maximum absolute atomic E-state index is 14.2. The third-order valence-corrected chi connectivity index (χ3v) is 9.07. The van der Waals surface area contributed by atoms with E-state index in [-0.39, 0.29) is 63.1 Å². The lowest BCUT2D eigenvalue weighted by atomic mass is 10.0. The fraction of sp³-hybridized carbons (Fsp3) is 0.474. The quantitative estimate of drug-likeness (QED) is 0.153. The van der Waals surface area contributed by atoms with E-state index in [2.05, 4.69) is 36.9 Å². The molecule has 0 bridgehead atoms. The summed E-state index contributed by atoms with van der Waals surface area (Å²) < 4.78 is 0. The highest BCUT2D eigenvalue weighted by Gasteiger charge is 2.32. The Morgan fingerprint density at radius 3 is 2.12 bits per heavy atom. The second-order valence-corrected chi connectivity index (χ2v) is 13.7. The van der Waals surface area contributed by atoms with Gasteiger partial charge in [-0.1, -0.05) is 69.3 Å². The van der Waals surface area contributed by atoms with E-state index in [9.17, 15) is 28.8 Å². The summed E-state index contributed by atoms with van der Waals surface area (Å²) >= 11 is 0. The number of para-hydroxylation sites is 1. The van der Waals surface area contributed by atoms with E-state index in [0.717, 1.165) is 22.0 Å². The van der Waals surface area contributed by atoms with Gasteiger partial charge in [0.25, 0.3) is 0 Å². The van der Waals surface area contributed by atoms with Crippen molar-refractivity contribution in [2.75, 3.05) is 13.1 Å². The Morgan fingerprint density at radius 1 is 0.788 bits per heavy atom. The molecule has 0 spiro atoms. The molecule has 14 nitrogen and oxygen atoms in total. The molecule has 1 saturated heterocycles. The van der Waals surface area contributed by atoms with Crippen LogP contribution < -0.4 is 37.6 Å². The first kappa shape index (κ1) is 39.5. The number of aromatic amines is 1. The van der Waals surface area contributed by atoms with Gasteiger partial charge in [-0.3, -0.25) is 28.8 Å². The van der Waals surface area contributed by atoms with Crippen molar-refractivity contribution < 1.29 is 28.8 Å². The Labute approximate surface area is 304 Å². The largest absolute Gasteiger partial charge is 0.370 e. The summed E-state index contributed by atoms with van der Waals surface area (Å²) in [4.78, 5) is 83.4. The van der Waals surface area contributed by atoms with Crippen LogP contribution in [-0.2, 0) is 41.6 Å². The fourth-order valence-electron chi connectivity index (χ4n) is 6.35. The first-order valence-corrected chi connectivity index (χ1v) is 18.0. The van der Waals surface area contributed by atoms with Gasteiger partial charge in [0.05, 0.1) is 6.04 Å². The number of benzene rings is 2. The molecule has 0 radical (unpaired) electrons. The molecular formula is C38H52N8O6. The molecule has 2 aromatic carbocycles. The van der Waals surface area contributed by atoms with Crippen molar-refractivity contribution in [1.82, 2.24) is 36.9 Å². The van der Waals surface area contributed by atoms with Crippen LogP contribution in [0.4, 0.5) is 0 Å². The number of hydrogen-bond donors (Lipinski definition) is 8. The van der Waals surface area contributed by atoms with Gasteiger partial charge in [-0.25, -0.2) is 0 Å². The Morgan fingerprint density at radius 2 is 1.42 bits per heavy atom. The van der Waals surface area contributed by atoms with Crippen LogP contribution >= 0.6 is 0 Å². The molecule has 14 heteroatoms. The van der Waals surface area contributed by atoms with Crippen molar-refractivity contribution in [1.29, 1.82) is 0 Å². The summed E-state index contributed by atoms with van der Waals surface area (Å²) in [6.07, 6.45) is 2.68. The normalized spacial score (nSPS) is 23.0. The average molecular weight is 717 g/mol. The predicted octanol–water partition coefficient (Wildman–Crippen LogP) is 1.09.